The minimum Gasteiger partial charge on any atom is -0.402 e. The fraction of sp³-hybridized carbons (Fsp3) is 0. The number of halogens is 1. The maximum atomic E-state index is 13.2. The average molecular weight is 317 g/mol. The zero-order chi connectivity index (χ0) is 16.5. The Morgan fingerprint density at radius 2 is 1.75 bits per heavy atom. The predicted molar refractivity (Wildman–Crippen MR) is 91.0 cm³/mol. The van der Waals surface area contributed by atoms with Gasteiger partial charge in [-0.25, -0.2) is 14.2 Å². The van der Waals surface area contributed by atoms with E-state index < -0.39 is 5.97 Å². The zero-order valence-electron chi connectivity index (χ0n) is 12.6. The molecule has 3 aromatic carbocycles. The molecule has 1 heterocycles. The molecular weight excluding hydrogens is 305 g/mol. The minimum atomic E-state index is -0.539. The third kappa shape index (κ3) is 2.70. The SMILES string of the molecule is O=C1OC(c2ccc3ccccc3c2)=N/C1=C\c1cccc(F)c1. The molecule has 0 fully saturated rings. The molecule has 116 valence electrons. The van der Waals surface area contributed by atoms with Gasteiger partial charge in [-0.05, 0) is 46.7 Å². The van der Waals surface area contributed by atoms with Crippen LogP contribution in [-0.4, -0.2) is 11.9 Å². The largest absolute Gasteiger partial charge is 0.402 e. The molecule has 0 unspecified atom stereocenters. The van der Waals surface area contributed by atoms with Gasteiger partial charge in [0.15, 0.2) is 5.70 Å². The predicted octanol–water partition coefficient (Wildman–Crippen LogP) is 4.32. The molecule has 4 rings (SSSR count). The number of carbonyl (C=O) groups excluding carboxylic acids is 1. The van der Waals surface area contributed by atoms with Crippen LogP contribution in [0.25, 0.3) is 16.8 Å². The van der Waals surface area contributed by atoms with Gasteiger partial charge < -0.3 is 4.74 Å². The normalized spacial score (nSPS) is 15.6. The first kappa shape index (κ1) is 14.3. The zero-order valence-corrected chi connectivity index (χ0v) is 12.6. The number of aliphatic imine (C=N–C) groups is 1. The van der Waals surface area contributed by atoms with E-state index in [1.807, 2.05) is 42.5 Å². The first-order valence-electron chi connectivity index (χ1n) is 7.46. The molecule has 0 spiro atoms. The summed E-state index contributed by atoms with van der Waals surface area (Å²) in [7, 11) is 0. The summed E-state index contributed by atoms with van der Waals surface area (Å²) < 4.78 is 18.5. The number of carbonyl (C=O) groups is 1. The topological polar surface area (TPSA) is 38.7 Å². The van der Waals surface area contributed by atoms with Crippen LogP contribution < -0.4 is 0 Å². The maximum absolute atomic E-state index is 13.2. The second kappa shape index (κ2) is 5.74. The van der Waals surface area contributed by atoms with E-state index in [2.05, 4.69) is 4.99 Å². The Morgan fingerprint density at radius 1 is 0.917 bits per heavy atom. The summed E-state index contributed by atoms with van der Waals surface area (Å²) in [6.45, 7) is 0. The summed E-state index contributed by atoms with van der Waals surface area (Å²) >= 11 is 0. The molecule has 0 saturated heterocycles. The van der Waals surface area contributed by atoms with Crippen LogP contribution in [0.4, 0.5) is 4.39 Å². The van der Waals surface area contributed by atoms with Gasteiger partial charge in [0, 0.05) is 5.56 Å². The van der Waals surface area contributed by atoms with E-state index in [9.17, 15) is 9.18 Å². The number of esters is 1. The molecule has 0 aliphatic carbocycles. The fourth-order valence-corrected chi connectivity index (χ4v) is 2.61. The van der Waals surface area contributed by atoms with E-state index >= 15 is 0 Å². The standard InChI is InChI=1S/C20H12FNO2/c21-17-7-3-4-13(10-17)11-18-20(23)24-19(22-18)16-9-8-14-5-1-2-6-15(14)12-16/h1-12H/b18-11-. The lowest BCUT2D eigenvalue weighted by Gasteiger charge is -2.02. The highest BCUT2D eigenvalue weighted by Crippen LogP contribution is 2.22. The Kier molecular flexibility index (Phi) is 3.43. The van der Waals surface area contributed by atoms with Crippen LogP contribution in [0.15, 0.2) is 77.4 Å². The Balaban J connectivity index is 1.72. The van der Waals surface area contributed by atoms with E-state index in [0.717, 1.165) is 16.3 Å². The van der Waals surface area contributed by atoms with Crippen molar-refractivity contribution in [3.63, 3.8) is 0 Å². The third-order valence-electron chi connectivity index (χ3n) is 3.77. The number of nitrogens with zero attached hydrogens (tertiary/aromatic N) is 1. The number of hydrogen-bond acceptors (Lipinski definition) is 3. The Morgan fingerprint density at radius 3 is 2.58 bits per heavy atom. The number of cyclic esters (lactones) is 1. The molecule has 4 heteroatoms. The highest BCUT2D eigenvalue weighted by Gasteiger charge is 2.24. The number of rotatable bonds is 2. The maximum Gasteiger partial charge on any atom is 0.363 e. The van der Waals surface area contributed by atoms with E-state index in [4.69, 9.17) is 4.74 Å². The summed E-state index contributed by atoms with van der Waals surface area (Å²) in [5, 5.41) is 2.14. The van der Waals surface area contributed by atoms with Gasteiger partial charge in [0.1, 0.15) is 5.82 Å². The first-order chi connectivity index (χ1) is 11.7. The van der Waals surface area contributed by atoms with Gasteiger partial charge in [0.05, 0.1) is 0 Å². The molecule has 0 amide bonds. The smallest absolute Gasteiger partial charge is 0.363 e. The van der Waals surface area contributed by atoms with Gasteiger partial charge in [0.25, 0.3) is 0 Å². The summed E-state index contributed by atoms with van der Waals surface area (Å²) in [6.07, 6.45) is 1.51. The number of fused-ring (bicyclic) bond motifs is 1. The highest BCUT2D eigenvalue weighted by atomic mass is 19.1. The van der Waals surface area contributed by atoms with Crippen molar-refractivity contribution in [2.45, 2.75) is 0 Å². The second-order valence-electron chi connectivity index (χ2n) is 5.45. The monoisotopic (exact) mass is 317 g/mol. The van der Waals surface area contributed by atoms with Crippen LogP contribution in [-0.2, 0) is 9.53 Å². The van der Waals surface area contributed by atoms with E-state index in [1.165, 1.54) is 18.2 Å². The molecule has 1 aliphatic heterocycles. The number of hydrogen-bond donors (Lipinski definition) is 0. The average Bonchev–Trinajstić information content (AvgIpc) is 2.95. The Labute approximate surface area is 137 Å². The lowest BCUT2D eigenvalue weighted by atomic mass is 10.1. The van der Waals surface area contributed by atoms with Crippen LogP contribution >= 0.6 is 0 Å². The van der Waals surface area contributed by atoms with Crippen LogP contribution in [0.3, 0.4) is 0 Å². The van der Waals surface area contributed by atoms with Crippen LogP contribution in [0, 0.1) is 5.82 Å². The molecule has 0 N–H and O–H groups in total. The van der Waals surface area contributed by atoms with Crippen molar-refractivity contribution in [2.24, 2.45) is 4.99 Å². The summed E-state index contributed by atoms with van der Waals surface area (Å²) in [4.78, 5) is 16.3. The van der Waals surface area contributed by atoms with Crippen molar-refractivity contribution in [1.82, 2.24) is 0 Å². The third-order valence-corrected chi connectivity index (χ3v) is 3.77. The van der Waals surface area contributed by atoms with Crippen molar-refractivity contribution in [3.8, 4) is 0 Å². The summed E-state index contributed by atoms with van der Waals surface area (Å²) in [6, 6.07) is 19.6. The van der Waals surface area contributed by atoms with E-state index in [-0.39, 0.29) is 17.4 Å². The van der Waals surface area contributed by atoms with Crippen molar-refractivity contribution in [3.05, 3.63) is 89.4 Å². The Hall–Kier alpha value is -3.27. The molecule has 3 aromatic rings. The van der Waals surface area contributed by atoms with Crippen LogP contribution in [0.1, 0.15) is 11.1 Å². The van der Waals surface area contributed by atoms with Gasteiger partial charge in [0.2, 0.25) is 5.90 Å². The lowest BCUT2D eigenvalue weighted by Crippen LogP contribution is -2.05. The molecule has 0 saturated carbocycles. The summed E-state index contributed by atoms with van der Waals surface area (Å²) in [5.41, 5.74) is 1.44. The number of ether oxygens (including phenoxy) is 1. The van der Waals surface area contributed by atoms with Crippen LogP contribution in [0.2, 0.25) is 0 Å². The molecule has 24 heavy (non-hydrogen) atoms. The Bertz CT molecular complexity index is 1020. The van der Waals surface area contributed by atoms with Crippen LogP contribution in [0.5, 0.6) is 0 Å². The molecule has 3 nitrogen and oxygen atoms in total. The van der Waals surface area contributed by atoms with Gasteiger partial charge >= 0.3 is 5.97 Å². The summed E-state index contributed by atoms with van der Waals surface area (Å²) in [5.74, 6) is -0.648. The second-order valence-corrected chi connectivity index (χ2v) is 5.45. The quantitative estimate of drug-likeness (QED) is 0.521. The fourth-order valence-electron chi connectivity index (χ4n) is 2.61. The molecular formula is C20H12FNO2. The minimum absolute atomic E-state index is 0.156. The van der Waals surface area contributed by atoms with Gasteiger partial charge in [-0.3, -0.25) is 0 Å². The van der Waals surface area contributed by atoms with E-state index in [0.29, 0.717) is 5.56 Å². The molecule has 0 bridgehead atoms. The van der Waals surface area contributed by atoms with Gasteiger partial charge in [-0.2, -0.15) is 0 Å². The number of benzene rings is 3. The van der Waals surface area contributed by atoms with Crippen molar-refractivity contribution in [2.75, 3.05) is 0 Å². The van der Waals surface area contributed by atoms with Crippen molar-refractivity contribution in [1.29, 1.82) is 0 Å². The molecule has 1 aliphatic rings. The molecule has 0 radical (unpaired) electrons. The molecule has 0 atom stereocenters. The van der Waals surface area contributed by atoms with Crippen molar-refractivity contribution < 1.29 is 13.9 Å². The van der Waals surface area contributed by atoms with E-state index in [1.54, 1.807) is 12.1 Å². The van der Waals surface area contributed by atoms with Crippen molar-refractivity contribution >= 4 is 28.7 Å². The molecule has 0 aromatic heterocycles. The highest BCUT2D eigenvalue weighted by molar-refractivity contribution is 6.13. The first-order valence-corrected chi connectivity index (χ1v) is 7.46. The van der Waals surface area contributed by atoms with Gasteiger partial charge in [-0.1, -0.05) is 42.5 Å². The van der Waals surface area contributed by atoms with Gasteiger partial charge in [-0.15, -0.1) is 0 Å². The lowest BCUT2D eigenvalue weighted by molar-refractivity contribution is -0.129.